The molecule has 33 heavy (non-hydrogen) atoms. The van der Waals surface area contributed by atoms with Crippen molar-refractivity contribution in [2.45, 2.75) is 20.0 Å². The van der Waals surface area contributed by atoms with Gasteiger partial charge in [-0.3, -0.25) is 0 Å². The molecule has 1 N–H and O–H groups in total. The fourth-order valence-electron chi connectivity index (χ4n) is 3.96. The molecule has 176 valence electrons. The molecular weight excluding hydrogens is 527 g/mol. The maximum absolute atomic E-state index is 5.27. The Labute approximate surface area is 213 Å². The molecule has 0 bridgehead atoms. The second-order valence-corrected chi connectivity index (χ2v) is 7.80. The molecule has 1 saturated heterocycles. The van der Waals surface area contributed by atoms with Crippen LogP contribution in [-0.2, 0) is 13.1 Å². The Morgan fingerprint density at radius 2 is 1.76 bits per heavy atom. The summed E-state index contributed by atoms with van der Waals surface area (Å²) in [5.74, 6) is 2.82. The monoisotopic (exact) mass is 560 g/mol. The van der Waals surface area contributed by atoms with E-state index in [-0.39, 0.29) is 24.0 Å². The molecule has 7 nitrogen and oxygen atoms in total. The van der Waals surface area contributed by atoms with E-state index >= 15 is 0 Å². The van der Waals surface area contributed by atoms with E-state index in [9.17, 15) is 0 Å². The predicted molar refractivity (Wildman–Crippen MR) is 145 cm³/mol. The van der Waals surface area contributed by atoms with Crippen LogP contribution in [-0.4, -0.2) is 60.2 Å². The van der Waals surface area contributed by atoms with Crippen molar-refractivity contribution in [3.05, 3.63) is 78.4 Å². The van der Waals surface area contributed by atoms with E-state index in [4.69, 9.17) is 9.73 Å². The SMILES string of the molecule is CCNC(=NCc1nccn1Cc1ccccc1)N1CCN(c2ccc(OC)cc2)CC1.I. The van der Waals surface area contributed by atoms with Crippen LogP contribution >= 0.6 is 24.0 Å². The summed E-state index contributed by atoms with van der Waals surface area (Å²) in [4.78, 5) is 14.2. The largest absolute Gasteiger partial charge is 0.497 e. The smallest absolute Gasteiger partial charge is 0.194 e. The molecule has 0 atom stereocenters. The zero-order valence-electron chi connectivity index (χ0n) is 19.4. The number of aromatic nitrogens is 2. The number of halogens is 1. The van der Waals surface area contributed by atoms with Crippen LogP contribution in [0.25, 0.3) is 0 Å². The first-order valence-electron chi connectivity index (χ1n) is 11.2. The van der Waals surface area contributed by atoms with E-state index in [1.807, 2.05) is 30.6 Å². The maximum Gasteiger partial charge on any atom is 0.194 e. The minimum absolute atomic E-state index is 0. The van der Waals surface area contributed by atoms with Crippen molar-refractivity contribution in [1.82, 2.24) is 19.8 Å². The number of aliphatic imine (C=N–C) groups is 1. The van der Waals surface area contributed by atoms with Crippen LogP contribution in [0.3, 0.4) is 0 Å². The Balaban J connectivity index is 0.00000306. The van der Waals surface area contributed by atoms with Crippen molar-refractivity contribution < 1.29 is 4.74 Å². The molecular formula is C25H33IN6O. The lowest BCUT2D eigenvalue weighted by Gasteiger charge is -2.37. The van der Waals surface area contributed by atoms with Crippen LogP contribution in [0, 0.1) is 0 Å². The lowest BCUT2D eigenvalue weighted by atomic mass is 10.2. The van der Waals surface area contributed by atoms with Crippen molar-refractivity contribution in [3.8, 4) is 5.75 Å². The molecule has 0 aliphatic carbocycles. The van der Waals surface area contributed by atoms with Gasteiger partial charge in [0.25, 0.3) is 0 Å². The average molecular weight is 560 g/mol. The lowest BCUT2D eigenvalue weighted by Crippen LogP contribution is -2.52. The zero-order valence-corrected chi connectivity index (χ0v) is 21.7. The molecule has 1 aliphatic heterocycles. The second kappa shape index (κ2) is 12.5. The van der Waals surface area contributed by atoms with Crippen LogP contribution < -0.4 is 15.0 Å². The summed E-state index contributed by atoms with van der Waals surface area (Å²) < 4.78 is 7.44. The second-order valence-electron chi connectivity index (χ2n) is 7.80. The third-order valence-corrected chi connectivity index (χ3v) is 5.72. The van der Waals surface area contributed by atoms with Gasteiger partial charge in [0.05, 0.1) is 7.11 Å². The quantitative estimate of drug-likeness (QED) is 0.271. The highest BCUT2D eigenvalue weighted by molar-refractivity contribution is 14.0. The predicted octanol–water partition coefficient (Wildman–Crippen LogP) is 3.85. The first kappa shape index (κ1) is 24.9. The summed E-state index contributed by atoms with van der Waals surface area (Å²) in [5.41, 5.74) is 2.49. The number of anilines is 1. The minimum Gasteiger partial charge on any atom is -0.497 e. The summed E-state index contributed by atoms with van der Waals surface area (Å²) >= 11 is 0. The van der Waals surface area contributed by atoms with Crippen LogP contribution in [0.4, 0.5) is 5.69 Å². The Hall–Kier alpha value is -2.75. The van der Waals surface area contributed by atoms with Crippen LogP contribution in [0.15, 0.2) is 72.0 Å². The highest BCUT2D eigenvalue weighted by atomic mass is 127. The normalized spacial score (nSPS) is 14.1. The van der Waals surface area contributed by atoms with Gasteiger partial charge in [0.2, 0.25) is 0 Å². The molecule has 0 radical (unpaired) electrons. The van der Waals surface area contributed by atoms with Gasteiger partial charge in [0.1, 0.15) is 18.1 Å². The maximum atomic E-state index is 5.27. The number of nitrogens with one attached hydrogen (secondary N) is 1. The van der Waals surface area contributed by atoms with Crippen molar-refractivity contribution in [1.29, 1.82) is 0 Å². The van der Waals surface area contributed by atoms with Crippen LogP contribution in [0.5, 0.6) is 5.75 Å². The molecule has 8 heteroatoms. The van der Waals surface area contributed by atoms with E-state index in [1.165, 1.54) is 11.3 Å². The van der Waals surface area contributed by atoms with Gasteiger partial charge in [-0.15, -0.1) is 24.0 Å². The number of rotatable bonds is 7. The number of nitrogens with zero attached hydrogens (tertiary/aromatic N) is 5. The van der Waals surface area contributed by atoms with Gasteiger partial charge in [-0.1, -0.05) is 30.3 Å². The van der Waals surface area contributed by atoms with E-state index in [0.717, 1.165) is 56.8 Å². The minimum atomic E-state index is 0. The number of benzene rings is 2. The first-order valence-corrected chi connectivity index (χ1v) is 11.2. The molecule has 4 rings (SSSR count). The Morgan fingerprint density at radius 1 is 1.03 bits per heavy atom. The number of methoxy groups -OCH3 is 1. The highest BCUT2D eigenvalue weighted by Crippen LogP contribution is 2.20. The van der Waals surface area contributed by atoms with E-state index < -0.39 is 0 Å². The van der Waals surface area contributed by atoms with Crippen molar-refractivity contribution in [2.75, 3.05) is 44.7 Å². The number of hydrogen-bond donors (Lipinski definition) is 1. The summed E-state index contributed by atoms with van der Waals surface area (Å²) in [6, 6.07) is 18.7. The van der Waals surface area contributed by atoms with Gasteiger partial charge < -0.3 is 24.4 Å². The Kier molecular flexibility index (Phi) is 9.41. The number of ether oxygens (including phenoxy) is 1. The van der Waals surface area contributed by atoms with Gasteiger partial charge in [0.15, 0.2) is 5.96 Å². The van der Waals surface area contributed by atoms with Crippen molar-refractivity contribution in [2.24, 2.45) is 4.99 Å². The summed E-state index contributed by atoms with van der Waals surface area (Å²) in [7, 11) is 1.70. The molecule has 0 spiro atoms. The van der Waals surface area contributed by atoms with Gasteiger partial charge in [-0.25, -0.2) is 9.98 Å². The number of piperazine rings is 1. The summed E-state index contributed by atoms with van der Waals surface area (Å²) in [6.07, 6.45) is 3.88. The summed E-state index contributed by atoms with van der Waals surface area (Å²) in [5, 5.41) is 3.46. The molecule has 0 amide bonds. The fourth-order valence-corrected chi connectivity index (χ4v) is 3.96. The lowest BCUT2D eigenvalue weighted by molar-refractivity contribution is 0.372. The molecule has 1 aromatic heterocycles. The third kappa shape index (κ3) is 6.63. The standard InChI is InChI=1S/C25H32N6O.HI/c1-3-26-25(28-19-24-27-13-14-31(24)20-21-7-5-4-6-8-21)30-17-15-29(16-18-30)22-9-11-23(32-2)12-10-22;/h4-14H,3,15-20H2,1-2H3,(H,26,28);1H. The Bertz CT molecular complexity index is 997. The van der Waals surface area contributed by atoms with Gasteiger partial charge in [-0.2, -0.15) is 0 Å². The van der Waals surface area contributed by atoms with Crippen LogP contribution in [0.1, 0.15) is 18.3 Å². The van der Waals surface area contributed by atoms with Crippen molar-refractivity contribution in [3.63, 3.8) is 0 Å². The number of guanidine groups is 1. The highest BCUT2D eigenvalue weighted by Gasteiger charge is 2.20. The van der Waals surface area contributed by atoms with E-state index in [2.05, 4.69) is 68.0 Å². The average Bonchev–Trinajstić information content (AvgIpc) is 3.29. The van der Waals surface area contributed by atoms with Gasteiger partial charge >= 0.3 is 0 Å². The first-order chi connectivity index (χ1) is 15.8. The number of hydrogen-bond acceptors (Lipinski definition) is 4. The summed E-state index contributed by atoms with van der Waals surface area (Å²) in [6.45, 7) is 8.09. The molecule has 2 heterocycles. The zero-order chi connectivity index (χ0) is 22.2. The van der Waals surface area contributed by atoms with Gasteiger partial charge in [-0.05, 0) is 36.8 Å². The molecule has 0 unspecified atom stereocenters. The molecule has 3 aromatic rings. The molecule has 1 fully saturated rings. The number of imidazole rings is 1. The van der Waals surface area contributed by atoms with Crippen LogP contribution in [0.2, 0.25) is 0 Å². The third-order valence-electron chi connectivity index (χ3n) is 5.72. The Morgan fingerprint density at radius 3 is 2.42 bits per heavy atom. The van der Waals surface area contributed by atoms with E-state index in [1.54, 1.807) is 7.11 Å². The molecule has 0 saturated carbocycles. The van der Waals surface area contributed by atoms with Crippen molar-refractivity contribution >= 4 is 35.6 Å². The fraction of sp³-hybridized carbons (Fsp3) is 0.360. The molecule has 2 aromatic carbocycles. The molecule has 1 aliphatic rings. The van der Waals surface area contributed by atoms with E-state index in [0.29, 0.717) is 6.54 Å². The topological polar surface area (TPSA) is 57.9 Å². The van der Waals surface area contributed by atoms with Gasteiger partial charge in [0, 0.05) is 57.3 Å².